The van der Waals surface area contributed by atoms with Crippen LogP contribution in [0.3, 0.4) is 0 Å². The molecule has 0 aliphatic heterocycles. The second-order valence-electron chi connectivity index (χ2n) is 3.62. The van der Waals surface area contributed by atoms with Crippen molar-refractivity contribution < 1.29 is 9.53 Å². The highest BCUT2D eigenvalue weighted by atomic mass is 79.9. The van der Waals surface area contributed by atoms with Crippen LogP contribution in [0.25, 0.3) is 0 Å². The molecule has 0 saturated heterocycles. The topological polar surface area (TPSA) is 52.3 Å². The fourth-order valence-corrected chi connectivity index (χ4v) is 4.30. The van der Waals surface area contributed by atoms with Crippen LogP contribution in [-0.4, -0.2) is 24.9 Å². The molecule has 0 fully saturated rings. The molecule has 0 aromatic carbocycles. The van der Waals surface area contributed by atoms with Gasteiger partial charge in [-0.15, -0.1) is 11.3 Å². The minimum Gasteiger partial charge on any atom is -0.469 e. The van der Waals surface area contributed by atoms with Crippen molar-refractivity contribution in [2.24, 2.45) is 5.73 Å². The van der Waals surface area contributed by atoms with Crippen molar-refractivity contribution >= 4 is 45.0 Å². The summed E-state index contributed by atoms with van der Waals surface area (Å²) in [5.41, 5.74) is 5.98. The normalized spacial score (nSPS) is 14.4. The average Bonchev–Trinajstić information content (AvgIpc) is 2.70. The van der Waals surface area contributed by atoms with E-state index in [9.17, 15) is 4.79 Å². The van der Waals surface area contributed by atoms with Crippen LogP contribution in [0, 0.1) is 0 Å². The zero-order valence-electron chi connectivity index (χ0n) is 9.81. The number of hydrogen-bond donors (Lipinski definition) is 1. The highest BCUT2D eigenvalue weighted by Crippen LogP contribution is 2.37. The molecule has 1 heterocycles. The zero-order chi connectivity index (χ0) is 12.8. The molecule has 0 spiro atoms. The third kappa shape index (κ3) is 4.99. The Balaban J connectivity index is 2.53. The van der Waals surface area contributed by atoms with Crippen molar-refractivity contribution in [3.8, 4) is 0 Å². The minimum atomic E-state index is -0.173. The molecule has 1 aromatic rings. The molecule has 2 unspecified atom stereocenters. The third-order valence-corrected chi connectivity index (χ3v) is 5.52. The van der Waals surface area contributed by atoms with Crippen LogP contribution in [0.4, 0.5) is 0 Å². The van der Waals surface area contributed by atoms with E-state index in [2.05, 4.69) is 26.7 Å². The molecule has 1 rings (SSSR count). The van der Waals surface area contributed by atoms with Crippen LogP contribution in [0.15, 0.2) is 15.9 Å². The van der Waals surface area contributed by atoms with Gasteiger partial charge in [-0.25, -0.2) is 0 Å². The number of esters is 1. The number of halogens is 1. The predicted molar refractivity (Wildman–Crippen MR) is 77.5 cm³/mol. The van der Waals surface area contributed by atoms with E-state index in [-0.39, 0.29) is 17.3 Å². The molecule has 96 valence electrons. The van der Waals surface area contributed by atoms with Crippen LogP contribution in [-0.2, 0) is 9.53 Å². The molecule has 0 saturated carbocycles. The van der Waals surface area contributed by atoms with Gasteiger partial charge in [0.2, 0.25) is 0 Å². The summed E-state index contributed by atoms with van der Waals surface area (Å²) in [5.74, 6) is 0.558. The van der Waals surface area contributed by atoms with Gasteiger partial charge in [0.05, 0.1) is 22.6 Å². The van der Waals surface area contributed by atoms with Gasteiger partial charge in [-0.1, -0.05) is 0 Å². The Labute approximate surface area is 118 Å². The number of carbonyl (C=O) groups excluding carboxylic acids is 1. The van der Waals surface area contributed by atoms with Crippen LogP contribution in [0.5, 0.6) is 0 Å². The monoisotopic (exact) mass is 337 g/mol. The van der Waals surface area contributed by atoms with Gasteiger partial charge >= 0.3 is 5.97 Å². The summed E-state index contributed by atoms with van der Waals surface area (Å²) in [6.07, 6.45) is 0.428. The first-order chi connectivity index (χ1) is 8.04. The van der Waals surface area contributed by atoms with Gasteiger partial charge in [-0.05, 0) is 35.0 Å². The molecule has 0 aliphatic carbocycles. The summed E-state index contributed by atoms with van der Waals surface area (Å²) < 4.78 is 5.72. The molecule has 1 aromatic heterocycles. The molecule has 6 heteroatoms. The zero-order valence-corrected chi connectivity index (χ0v) is 13.0. The van der Waals surface area contributed by atoms with E-state index in [0.717, 1.165) is 9.54 Å². The van der Waals surface area contributed by atoms with Gasteiger partial charge in [0.1, 0.15) is 0 Å². The molecule has 3 nitrogen and oxygen atoms in total. The van der Waals surface area contributed by atoms with Gasteiger partial charge < -0.3 is 10.5 Å². The van der Waals surface area contributed by atoms with Crippen LogP contribution < -0.4 is 5.73 Å². The Bertz CT molecular complexity index is 368. The highest BCUT2D eigenvalue weighted by molar-refractivity contribution is 9.11. The Hall–Kier alpha value is -0.0400. The first-order valence-electron chi connectivity index (χ1n) is 5.24. The Morgan fingerprint density at radius 3 is 2.82 bits per heavy atom. The lowest BCUT2D eigenvalue weighted by Gasteiger charge is -2.18. The largest absolute Gasteiger partial charge is 0.469 e. The maximum absolute atomic E-state index is 11.0. The lowest BCUT2D eigenvalue weighted by atomic mass is 10.2. The summed E-state index contributed by atoms with van der Waals surface area (Å²) >= 11 is 6.84. The van der Waals surface area contributed by atoms with Crippen LogP contribution in [0.1, 0.15) is 23.5 Å². The van der Waals surface area contributed by atoms with E-state index in [1.807, 2.05) is 13.0 Å². The molecule has 2 atom stereocenters. The second-order valence-corrected chi connectivity index (χ2v) is 7.36. The van der Waals surface area contributed by atoms with Gasteiger partial charge in [0.25, 0.3) is 0 Å². The summed E-state index contributed by atoms with van der Waals surface area (Å²) in [7, 11) is 1.41. The van der Waals surface area contributed by atoms with Crippen LogP contribution >= 0.6 is 39.0 Å². The number of thioether (sulfide) groups is 1. The SMILES string of the molecule is COC(=O)CCSC(c1ccc(Br)s1)C(C)N. The van der Waals surface area contributed by atoms with Crippen molar-refractivity contribution in [1.29, 1.82) is 0 Å². The van der Waals surface area contributed by atoms with Gasteiger partial charge in [-0.2, -0.15) is 11.8 Å². The first kappa shape index (κ1) is 15.0. The minimum absolute atomic E-state index is 0.0585. The molecule has 0 radical (unpaired) electrons. The van der Waals surface area contributed by atoms with E-state index in [0.29, 0.717) is 6.42 Å². The molecule has 0 bridgehead atoms. The first-order valence-corrected chi connectivity index (χ1v) is 7.89. The van der Waals surface area contributed by atoms with Crippen molar-refractivity contribution in [3.63, 3.8) is 0 Å². The number of rotatable bonds is 6. The fraction of sp³-hybridized carbons (Fsp3) is 0.545. The van der Waals surface area contributed by atoms with E-state index in [1.165, 1.54) is 12.0 Å². The van der Waals surface area contributed by atoms with E-state index >= 15 is 0 Å². The summed E-state index contributed by atoms with van der Waals surface area (Å²) in [4.78, 5) is 12.3. The van der Waals surface area contributed by atoms with Crippen molar-refractivity contribution in [3.05, 3.63) is 20.8 Å². The highest BCUT2D eigenvalue weighted by Gasteiger charge is 2.19. The summed E-state index contributed by atoms with van der Waals surface area (Å²) in [6, 6.07) is 4.16. The molecular weight excluding hydrogens is 322 g/mol. The van der Waals surface area contributed by atoms with E-state index in [1.54, 1.807) is 23.1 Å². The molecule has 0 amide bonds. The van der Waals surface area contributed by atoms with Gasteiger partial charge in [-0.3, -0.25) is 4.79 Å². The number of nitrogens with two attached hydrogens (primary N) is 1. The average molecular weight is 338 g/mol. The lowest BCUT2D eigenvalue weighted by molar-refractivity contribution is -0.140. The number of thiophene rings is 1. The number of hydrogen-bond acceptors (Lipinski definition) is 5. The van der Waals surface area contributed by atoms with Gasteiger partial charge in [0, 0.05) is 16.7 Å². The fourth-order valence-electron chi connectivity index (χ4n) is 1.35. The molecule has 2 N–H and O–H groups in total. The van der Waals surface area contributed by atoms with E-state index < -0.39 is 0 Å². The van der Waals surface area contributed by atoms with Crippen molar-refractivity contribution in [1.82, 2.24) is 0 Å². The Kier molecular flexibility index (Phi) is 6.54. The molecular formula is C11H16BrNO2S2. The molecule has 17 heavy (non-hydrogen) atoms. The van der Waals surface area contributed by atoms with Crippen molar-refractivity contribution in [2.75, 3.05) is 12.9 Å². The Morgan fingerprint density at radius 2 is 2.35 bits per heavy atom. The van der Waals surface area contributed by atoms with Crippen LogP contribution in [0.2, 0.25) is 0 Å². The summed E-state index contributed by atoms with van der Waals surface area (Å²) in [5, 5.41) is 0.232. The smallest absolute Gasteiger partial charge is 0.306 e. The summed E-state index contributed by atoms with van der Waals surface area (Å²) in [6.45, 7) is 1.99. The number of ether oxygens (including phenoxy) is 1. The lowest BCUT2D eigenvalue weighted by Crippen LogP contribution is -2.22. The quantitative estimate of drug-likeness (QED) is 0.810. The predicted octanol–water partition coefficient (Wildman–Crippen LogP) is 3.20. The standard InChI is InChI=1S/C11H16BrNO2S2/c1-7(13)11(8-3-4-9(12)17-8)16-6-5-10(14)15-2/h3-4,7,11H,5-6,13H2,1-2H3. The maximum Gasteiger partial charge on any atom is 0.306 e. The maximum atomic E-state index is 11.0. The second kappa shape index (κ2) is 7.41. The number of carbonyl (C=O) groups is 1. The Morgan fingerprint density at radius 1 is 1.65 bits per heavy atom. The number of methoxy groups -OCH3 is 1. The van der Waals surface area contributed by atoms with Crippen molar-refractivity contribution in [2.45, 2.75) is 24.6 Å². The van der Waals surface area contributed by atoms with Gasteiger partial charge in [0.15, 0.2) is 0 Å². The molecule has 0 aliphatic rings. The third-order valence-electron chi connectivity index (χ3n) is 2.18. The van der Waals surface area contributed by atoms with E-state index in [4.69, 9.17) is 5.73 Å².